The maximum Gasteiger partial charge on any atom is 0.255 e. The molecule has 1 N–H and O–H groups in total. The first-order chi connectivity index (χ1) is 10.2. The van der Waals surface area contributed by atoms with E-state index in [0.717, 1.165) is 12.8 Å². The number of rotatable bonds is 3. The van der Waals surface area contributed by atoms with Gasteiger partial charge in [0.25, 0.3) is 5.91 Å². The number of hydrogen-bond acceptors (Lipinski definition) is 2. The lowest BCUT2D eigenvalue weighted by Gasteiger charge is -2.15. The van der Waals surface area contributed by atoms with Crippen molar-refractivity contribution in [3.8, 4) is 5.75 Å². The van der Waals surface area contributed by atoms with Crippen LogP contribution in [0.3, 0.4) is 0 Å². The number of methoxy groups -OCH3 is 1. The van der Waals surface area contributed by atoms with Gasteiger partial charge in [0, 0.05) is 5.02 Å². The van der Waals surface area contributed by atoms with E-state index in [1.807, 2.05) is 12.1 Å². The molecule has 0 aromatic heterocycles. The van der Waals surface area contributed by atoms with Gasteiger partial charge in [0.2, 0.25) is 0 Å². The maximum absolute atomic E-state index is 12.5. The molecule has 0 spiro atoms. The van der Waals surface area contributed by atoms with Crippen LogP contribution in [0.1, 0.15) is 33.9 Å². The van der Waals surface area contributed by atoms with Crippen LogP contribution in [-0.2, 0) is 6.42 Å². The van der Waals surface area contributed by atoms with Crippen LogP contribution in [0.4, 0.5) is 0 Å². The van der Waals surface area contributed by atoms with Gasteiger partial charge in [0.05, 0.1) is 18.7 Å². The molecular weight excluding hydrogens is 286 g/mol. The second kappa shape index (κ2) is 5.78. The molecule has 4 heteroatoms. The number of fused-ring (bicyclic) bond motifs is 1. The molecule has 1 aliphatic carbocycles. The summed E-state index contributed by atoms with van der Waals surface area (Å²) in [4.78, 5) is 12.5. The van der Waals surface area contributed by atoms with Crippen LogP contribution < -0.4 is 10.1 Å². The molecule has 0 saturated carbocycles. The predicted octanol–water partition coefficient (Wildman–Crippen LogP) is 3.77. The number of carbonyl (C=O) groups is 1. The minimum Gasteiger partial charge on any atom is -0.496 e. The van der Waals surface area contributed by atoms with E-state index >= 15 is 0 Å². The van der Waals surface area contributed by atoms with Crippen LogP contribution >= 0.6 is 11.6 Å². The van der Waals surface area contributed by atoms with E-state index < -0.39 is 0 Å². The highest BCUT2D eigenvalue weighted by molar-refractivity contribution is 6.31. The van der Waals surface area contributed by atoms with Crippen molar-refractivity contribution in [2.75, 3.05) is 7.11 Å². The van der Waals surface area contributed by atoms with Crippen LogP contribution in [0.2, 0.25) is 5.02 Å². The number of carbonyl (C=O) groups excluding carboxylic acids is 1. The summed E-state index contributed by atoms with van der Waals surface area (Å²) in [6, 6.07) is 13.3. The standard InChI is InChI=1S/C17H16ClNO2/c1-21-16-9-7-12(18)10-14(16)17(20)19-15-8-6-11-4-2-3-5-13(11)15/h2-5,7,9-10,15H,6,8H2,1H3,(H,19,20). The Bertz CT molecular complexity index is 684. The largest absolute Gasteiger partial charge is 0.496 e. The van der Waals surface area contributed by atoms with E-state index in [9.17, 15) is 4.79 Å². The summed E-state index contributed by atoms with van der Waals surface area (Å²) in [6.45, 7) is 0. The summed E-state index contributed by atoms with van der Waals surface area (Å²) < 4.78 is 5.24. The number of hydrogen-bond donors (Lipinski definition) is 1. The minimum atomic E-state index is -0.156. The molecule has 0 aliphatic heterocycles. The highest BCUT2D eigenvalue weighted by atomic mass is 35.5. The number of ether oxygens (including phenoxy) is 1. The van der Waals surface area contributed by atoms with Gasteiger partial charge in [-0.2, -0.15) is 0 Å². The number of benzene rings is 2. The monoisotopic (exact) mass is 301 g/mol. The van der Waals surface area contributed by atoms with Crippen molar-refractivity contribution >= 4 is 17.5 Å². The van der Waals surface area contributed by atoms with Crippen molar-refractivity contribution in [3.63, 3.8) is 0 Å². The van der Waals surface area contributed by atoms with Crippen molar-refractivity contribution < 1.29 is 9.53 Å². The van der Waals surface area contributed by atoms with E-state index in [0.29, 0.717) is 16.3 Å². The molecule has 0 radical (unpaired) electrons. The normalized spacial score (nSPS) is 16.4. The number of aryl methyl sites for hydroxylation is 1. The molecule has 108 valence electrons. The van der Waals surface area contributed by atoms with Crippen LogP contribution in [-0.4, -0.2) is 13.0 Å². The van der Waals surface area contributed by atoms with Gasteiger partial charge in [0.15, 0.2) is 0 Å². The third kappa shape index (κ3) is 2.74. The summed E-state index contributed by atoms with van der Waals surface area (Å²) in [6.07, 6.45) is 1.92. The molecule has 1 unspecified atom stereocenters. The van der Waals surface area contributed by atoms with Gasteiger partial charge in [-0.1, -0.05) is 35.9 Å². The lowest BCUT2D eigenvalue weighted by Crippen LogP contribution is -2.27. The molecule has 1 atom stereocenters. The zero-order valence-electron chi connectivity index (χ0n) is 11.7. The lowest BCUT2D eigenvalue weighted by molar-refractivity contribution is 0.0933. The number of amides is 1. The molecule has 0 fully saturated rings. The maximum atomic E-state index is 12.5. The molecule has 21 heavy (non-hydrogen) atoms. The van der Waals surface area contributed by atoms with Crippen molar-refractivity contribution in [2.45, 2.75) is 18.9 Å². The fourth-order valence-electron chi connectivity index (χ4n) is 2.80. The summed E-state index contributed by atoms with van der Waals surface area (Å²) in [5.41, 5.74) is 2.97. The average molecular weight is 302 g/mol. The quantitative estimate of drug-likeness (QED) is 0.937. The second-order valence-electron chi connectivity index (χ2n) is 5.11. The highest BCUT2D eigenvalue weighted by Crippen LogP contribution is 2.31. The molecule has 1 amide bonds. The zero-order valence-corrected chi connectivity index (χ0v) is 12.5. The fraction of sp³-hybridized carbons (Fsp3) is 0.235. The fourth-order valence-corrected chi connectivity index (χ4v) is 2.97. The first-order valence-electron chi connectivity index (χ1n) is 6.91. The third-order valence-electron chi connectivity index (χ3n) is 3.84. The van der Waals surface area contributed by atoms with E-state index in [4.69, 9.17) is 16.3 Å². The van der Waals surface area contributed by atoms with Crippen LogP contribution in [0.5, 0.6) is 5.75 Å². The Kier molecular flexibility index (Phi) is 3.84. The van der Waals surface area contributed by atoms with Crippen molar-refractivity contribution in [3.05, 3.63) is 64.2 Å². The van der Waals surface area contributed by atoms with Gasteiger partial charge in [-0.25, -0.2) is 0 Å². The summed E-state index contributed by atoms with van der Waals surface area (Å²) in [7, 11) is 1.55. The third-order valence-corrected chi connectivity index (χ3v) is 4.08. The second-order valence-corrected chi connectivity index (χ2v) is 5.54. The smallest absolute Gasteiger partial charge is 0.255 e. The molecular formula is C17H16ClNO2. The predicted molar refractivity (Wildman–Crippen MR) is 83.0 cm³/mol. The molecule has 0 heterocycles. The van der Waals surface area contributed by atoms with Crippen molar-refractivity contribution in [1.29, 1.82) is 0 Å². The Hall–Kier alpha value is -2.00. The van der Waals surface area contributed by atoms with Gasteiger partial charge in [-0.05, 0) is 42.2 Å². The van der Waals surface area contributed by atoms with Gasteiger partial charge in [-0.15, -0.1) is 0 Å². The molecule has 3 nitrogen and oxygen atoms in total. The lowest BCUT2D eigenvalue weighted by atomic mass is 10.1. The van der Waals surface area contributed by atoms with Crippen molar-refractivity contribution in [1.82, 2.24) is 5.32 Å². The summed E-state index contributed by atoms with van der Waals surface area (Å²) >= 11 is 5.98. The van der Waals surface area contributed by atoms with Gasteiger partial charge < -0.3 is 10.1 Å². The van der Waals surface area contributed by atoms with E-state index in [1.165, 1.54) is 11.1 Å². The van der Waals surface area contributed by atoms with E-state index in [1.54, 1.807) is 25.3 Å². The van der Waals surface area contributed by atoms with Gasteiger partial charge in [0.1, 0.15) is 5.75 Å². The minimum absolute atomic E-state index is 0.0531. The topological polar surface area (TPSA) is 38.3 Å². The Morgan fingerprint density at radius 3 is 2.90 bits per heavy atom. The molecule has 1 aliphatic rings. The average Bonchev–Trinajstić information content (AvgIpc) is 2.90. The summed E-state index contributed by atoms with van der Waals surface area (Å²) in [5.74, 6) is 0.374. The molecule has 0 saturated heterocycles. The van der Waals surface area contributed by atoms with E-state index in [-0.39, 0.29) is 11.9 Å². The van der Waals surface area contributed by atoms with Crippen LogP contribution in [0, 0.1) is 0 Å². The van der Waals surface area contributed by atoms with Crippen molar-refractivity contribution in [2.24, 2.45) is 0 Å². The van der Waals surface area contributed by atoms with E-state index in [2.05, 4.69) is 17.4 Å². The Labute approximate surface area is 128 Å². The highest BCUT2D eigenvalue weighted by Gasteiger charge is 2.24. The zero-order chi connectivity index (χ0) is 14.8. The Balaban J connectivity index is 1.83. The Morgan fingerprint density at radius 1 is 1.29 bits per heavy atom. The molecule has 0 bridgehead atoms. The first kappa shape index (κ1) is 14.0. The van der Waals surface area contributed by atoms with Crippen LogP contribution in [0.25, 0.3) is 0 Å². The first-order valence-corrected chi connectivity index (χ1v) is 7.29. The number of nitrogens with one attached hydrogen (secondary N) is 1. The molecule has 2 aromatic rings. The number of halogens is 1. The van der Waals surface area contributed by atoms with Gasteiger partial charge >= 0.3 is 0 Å². The molecule has 2 aromatic carbocycles. The Morgan fingerprint density at radius 2 is 2.10 bits per heavy atom. The van der Waals surface area contributed by atoms with Crippen LogP contribution in [0.15, 0.2) is 42.5 Å². The van der Waals surface area contributed by atoms with Gasteiger partial charge in [-0.3, -0.25) is 4.79 Å². The SMILES string of the molecule is COc1ccc(Cl)cc1C(=O)NC1CCc2ccccc21. The summed E-state index contributed by atoms with van der Waals surface area (Å²) in [5, 5.41) is 3.60. The molecule has 3 rings (SSSR count).